The molecule has 0 aromatic carbocycles. The van der Waals surface area contributed by atoms with Crippen molar-refractivity contribution < 1.29 is 0 Å². The summed E-state index contributed by atoms with van der Waals surface area (Å²) in [6, 6.07) is 0. The molecule has 0 atom stereocenters. The molecule has 0 aliphatic heterocycles. The second kappa shape index (κ2) is 1.73. The first-order chi connectivity index (χ1) is 3.25. The van der Waals surface area contributed by atoms with Crippen LogP contribution in [-0.4, -0.2) is 5.54 Å². The van der Waals surface area contributed by atoms with Crippen LogP contribution in [0.3, 0.4) is 0 Å². The fraction of sp³-hybridized carbons (Fsp3) is 1.00. The Balaban J connectivity index is 4.02. The third kappa shape index (κ3) is 1.83. The molecule has 1 N–H and O–H groups in total. The molecule has 0 aromatic heterocycles. The van der Waals surface area contributed by atoms with Crippen molar-refractivity contribution in [2.45, 2.75) is 40.2 Å². The Labute approximate surface area is 52.3 Å². The van der Waals surface area contributed by atoms with Crippen molar-refractivity contribution >= 4 is 0 Å². The Kier molecular flexibility index (Phi) is 1.72. The zero-order chi connectivity index (χ0) is 7.00. The average Bonchev–Trinajstić information content (AvgIpc) is 1.25. The van der Waals surface area contributed by atoms with Gasteiger partial charge in [-0.25, -0.2) is 0 Å². The fourth-order valence-electron chi connectivity index (χ4n) is 0. The minimum Gasteiger partial charge on any atom is -0.251 e. The second-order valence-corrected chi connectivity index (χ2v) is 3.88. The van der Waals surface area contributed by atoms with E-state index in [1.54, 1.807) is 0 Å². The van der Waals surface area contributed by atoms with Crippen LogP contribution in [0.2, 0.25) is 0 Å². The molecule has 0 saturated heterocycles. The maximum absolute atomic E-state index is 7.58. The first kappa shape index (κ1) is 7.96. The van der Waals surface area contributed by atoms with E-state index in [0.29, 0.717) is 0 Å². The zero-order valence-electron chi connectivity index (χ0n) is 6.50. The standard InChI is InChI=1S/C7H16N/c1-6(2,3)7(4,5)8/h8H,1-5H3. The van der Waals surface area contributed by atoms with Gasteiger partial charge in [-0.15, -0.1) is 0 Å². The van der Waals surface area contributed by atoms with E-state index in [0.717, 1.165) is 0 Å². The highest BCUT2D eigenvalue weighted by molar-refractivity contribution is 4.85. The van der Waals surface area contributed by atoms with Gasteiger partial charge in [0.15, 0.2) is 0 Å². The number of hydrogen-bond acceptors (Lipinski definition) is 0. The molecule has 0 amide bonds. The lowest BCUT2D eigenvalue weighted by Crippen LogP contribution is -2.37. The van der Waals surface area contributed by atoms with E-state index in [1.165, 1.54) is 0 Å². The van der Waals surface area contributed by atoms with Gasteiger partial charge < -0.3 is 0 Å². The largest absolute Gasteiger partial charge is 0.251 e. The molecular formula is C7H16N. The van der Waals surface area contributed by atoms with Crippen molar-refractivity contribution in [1.29, 1.82) is 0 Å². The predicted molar refractivity (Wildman–Crippen MR) is 36.6 cm³/mol. The summed E-state index contributed by atoms with van der Waals surface area (Å²) < 4.78 is 0. The Morgan fingerprint density at radius 2 is 1.00 bits per heavy atom. The van der Waals surface area contributed by atoms with E-state index in [-0.39, 0.29) is 11.0 Å². The minimum atomic E-state index is -0.312. The summed E-state index contributed by atoms with van der Waals surface area (Å²) in [7, 11) is 0. The van der Waals surface area contributed by atoms with Gasteiger partial charge in [-0.05, 0) is 19.3 Å². The van der Waals surface area contributed by atoms with Crippen LogP contribution in [0.4, 0.5) is 0 Å². The van der Waals surface area contributed by atoms with E-state index in [2.05, 4.69) is 20.8 Å². The molecule has 0 aliphatic carbocycles. The monoisotopic (exact) mass is 114 g/mol. The van der Waals surface area contributed by atoms with E-state index in [1.807, 2.05) is 13.8 Å². The lowest BCUT2D eigenvalue weighted by molar-refractivity contribution is 0.221. The summed E-state index contributed by atoms with van der Waals surface area (Å²) in [5, 5.41) is 0. The molecule has 0 saturated carbocycles. The van der Waals surface area contributed by atoms with Gasteiger partial charge >= 0.3 is 0 Å². The molecule has 0 spiro atoms. The Bertz CT molecular complexity index is 59.4. The van der Waals surface area contributed by atoms with Crippen LogP contribution < -0.4 is 5.73 Å². The van der Waals surface area contributed by atoms with Crippen molar-refractivity contribution in [3.63, 3.8) is 0 Å². The van der Waals surface area contributed by atoms with E-state index in [4.69, 9.17) is 5.73 Å². The van der Waals surface area contributed by atoms with Crippen LogP contribution in [0.1, 0.15) is 34.6 Å². The fourth-order valence-corrected chi connectivity index (χ4v) is 0. The van der Waals surface area contributed by atoms with Crippen LogP contribution >= 0.6 is 0 Å². The maximum atomic E-state index is 7.58. The highest BCUT2D eigenvalue weighted by Crippen LogP contribution is 2.27. The summed E-state index contributed by atoms with van der Waals surface area (Å²) >= 11 is 0. The predicted octanol–water partition coefficient (Wildman–Crippen LogP) is 2.09. The van der Waals surface area contributed by atoms with E-state index < -0.39 is 0 Å². The second-order valence-electron chi connectivity index (χ2n) is 3.88. The summed E-state index contributed by atoms with van der Waals surface area (Å²) in [6.45, 7) is 10.1. The van der Waals surface area contributed by atoms with E-state index >= 15 is 0 Å². The Hall–Kier alpha value is -0.0400. The smallest absolute Gasteiger partial charge is 0.0315 e. The van der Waals surface area contributed by atoms with Crippen molar-refractivity contribution in [3.05, 3.63) is 0 Å². The molecule has 1 nitrogen and oxygen atoms in total. The van der Waals surface area contributed by atoms with Gasteiger partial charge in [0, 0.05) is 5.54 Å². The number of nitrogens with one attached hydrogen (secondary N) is 1. The molecule has 1 heteroatoms. The zero-order valence-corrected chi connectivity index (χ0v) is 6.50. The molecule has 8 heavy (non-hydrogen) atoms. The molecular weight excluding hydrogens is 98.1 g/mol. The van der Waals surface area contributed by atoms with Crippen molar-refractivity contribution in [3.8, 4) is 0 Å². The lowest BCUT2D eigenvalue weighted by Gasteiger charge is -2.33. The number of rotatable bonds is 0. The van der Waals surface area contributed by atoms with Gasteiger partial charge in [0.25, 0.3) is 0 Å². The third-order valence-corrected chi connectivity index (χ3v) is 1.88. The van der Waals surface area contributed by atoms with Gasteiger partial charge in [0.05, 0.1) is 0 Å². The van der Waals surface area contributed by atoms with Crippen molar-refractivity contribution in [2.24, 2.45) is 5.41 Å². The minimum absolute atomic E-state index is 0.104. The molecule has 0 bridgehead atoms. The molecule has 0 aliphatic rings. The average molecular weight is 114 g/mol. The van der Waals surface area contributed by atoms with Crippen molar-refractivity contribution in [1.82, 2.24) is 5.73 Å². The van der Waals surface area contributed by atoms with Crippen LogP contribution in [0, 0.1) is 5.41 Å². The van der Waals surface area contributed by atoms with Gasteiger partial charge in [0.1, 0.15) is 0 Å². The highest BCUT2D eigenvalue weighted by Gasteiger charge is 2.28. The summed E-state index contributed by atoms with van der Waals surface area (Å²) in [5.74, 6) is 0. The SMILES string of the molecule is CC(C)(C)C(C)(C)[NH]. The van der Waals surface area contributed by atoms with Crippen LogP contribution in [0.15, 0.2) is 0 Å². The topological polar surface area (TPSA) is 23.8 Å². The number of hydrogen-bond donors (Lipinski definition) is 0. The first-order valence-corrected chi connectivity index (χ1v) is 3.00. The van der Waals surface area contributed by atoms with Gasteiger partial charge in [-0.1, -0.05) is 20.8 Å². The third-order valence-electron chi connectivity index (χ3n) is 1.88. The molecule has 0 unspecified atom stereocenters. The first-order valence-electron chi connectivity index (χ1n) is 3.00. The summed E-state index contributed by atoms with van der Waals surface area (Å²) in [4.78, 5) is 0. The normalized spacial score (nSPS) is 14.2. The molecule has 0 aromatic rings. The Morgan fingerprint density at radius 3 is 1.00 bits per heavy atom. The lowest BCUT2D eigenvalue weighted by atomic mass is 9.77. The van der Waals surface area contributed by atoms with E-state index in [9.17, 15) is 0 Å². The molecule has 0 rings (SSSR count). The van der Waals surface area contributed by atoms with Gasteiger partial charge in [0.2, 0.25) is 0 Å². The highest BCUT2D eigenvalue weighted by atomic mass is 14.7. The van der Waals surface area contributed by atoms with Gasteiger partial charge in [-0.3, -0.25) is 5.73 Å². The maximum Gasteiger partial charge on any atom is 0.0315 e. The summed E-state index contributed by atoms with van der Waals surface area (Å²) in [5.41, 5.74) is 7.38. The molecule has 1 radical (unpaired) electrons. The Morgan fingerprint density at radius 1 is 0.875 bits per heavy atom. The quantitative estimate of drug-likeness (QED) is 0.460. The summed E-state index contributed by atoms with van der Waals surface area (Å²) in [6.07, 6.45) is 0. The molecule has 49 valence electrons. The van der Waals surface area contributed by atoms with Crippen LogP contribution in [0.25, 0.3) is 0 Å². The van der Waals surface area contributed by atoms with Crippen molar-refractivity contribution in [2.75, 3.05) is 0 Å². The molecule has 0 fully saturated rings. The van der Waals surface area contributed by atoms with Crippen LogP contribution in [0.5, 0.6) is 0 Å². The molecule has 0 heterocycles. The van der Waals surface area contributed by atoms with Crippen LogP contribution in [-0.2, 0) is 0 Å². The van der Waals surface area contributed by atoms with Gasteiger partial charge in [-0.2, -0.15) is 0 Å².